The zero-order chi connectivity index (χ0) is 15.1. The molecule has 1 fully saturated rings. The molecular formula is C15H14N4O2S. The average molecular weight is 314 g/mol. The monoisotopic (exact) mass is 314 g/mol. The maximum absolute atomic E-state index is 12.7. The number of aromatic nitrogens is 4. The molecule has 1 aromatic carbocycles. The minimum absolute atomic E-state index is 0.0392. The Balaban J connectivity index is 1.75. The normalized spacial score (nSPS) is 14.6. The Hall–Kier alpha value is -2.15. The molecule has 0 atom stereocenters. The van der Waals surface area contributed by atoms with Gasteiger partial charge < -0.3 is 4.52 Å². The third-order valence-electron chi connectivity index (χ3n) is 3.58. The van der Waals surface area contributed by atoms with Crippen LogP contribution in [0.4, 0.5) is 0 Å². The maximum Gasteiger partial charge on any atom is 0.262 e. The number of aryl methyl sites for hydroxylation is 1. The molecule has 4 rings (SSSR count). The highest BCUT2D eigenvalue weighted by Gasteiger charge is 2.28. The van der Waals surface area contributed by atoms with Gasteiger partial charge in [-0.25, -0.2) is 4.98 Å². The van der Waals surface area contributed by atoms with E-state index in [1.807, 2.05) is 28.8 Å². The van der Waals surface area contributed by atoms with Gasteiger partial charge in [-0.15, -0.1) is 0 Å². The molecule has 0 aliphatic heterocycles. The molecule has 22 heavy (non-hydrogen) atoms. The van der Waals surface area contributed by atoms with E-state index < -0.39 is 0 Å². The predicted molar refractivity (Wildman–Crippen MR) is 82.9 cm³/mol. The molecule has 3 aromatic rings. The third-order valence-corrected chi connectivity index (χ3v) is 4.52. The first-order chi connectivity index (χ1) is 10.7. The van der Waals surface area contributed by atoms with Crippen molar-refractivity contribution in [1.82, 2.24) is 19.7 Å². The van der Waals surface area contributed by atoms with E-state index in [0.717, 1.165) is 23.5 Å². The summed E-state index contributed by atoms with van der Waals surface area (Å²) in [5.74, 6) is 1.67. The van der Waals surface area contributed by atoms with Crippen molar-refractivity contribution in [2.75, 3.05) is 0 Å². The molecule has 1 aliphatic carbocycles. The Morgan fingerprint density at radius 2 is 2.14 bits per heavy atom. The first-order valence-corrected chi connectivity index (χ1v) is 8.14. The van der Waals surface area contributed by atoms with E-state index in [1.165, 1.54) is 11.8 Å². The Morgan fingerprint density at radius 3 is 2.86 bits per heavy atom. The van der Waals surface area contributed by atoms with Crippen LogP contribution in [0.15, 0.2) is 38.7 Å². The largest absolute Gasteiger partial charge is 0.338 e. The number of thioether (sulfide) groups is 1. The summed E-state index contributed by atoms with van der Waals surface area (Å²) in [4.78, 5) is 21.5. The van der Waals surface area contributed by atoms with Gasteiger partial charge in [-0.2, -0.15) is 4.98 Å². The summed E-state index contributed by atoms with van der Waals surface area (Å²) in [7, 11) is 0. The van der Waals surface area contributed by atoms with Crippen molar-refractivity contribution in [3.63, 3.8) is 0 Å². The van der Waals surface area contributed by atoms with Crippen LogP contribution < -0.4 is 5.56 Å². The highest BCUT2D eigenvalue weighted by molar-refractivity contribution is 7.98. The predicted octanol–water partition coefficient (Wildman–Crippen LogP) is 2.72. The molecule has 0 saturated heterocycles. The minimum Gasteiger partial charge on any atom is -0.338 e. The van der Waals surface area contributed by atoms with Gasteiger partial charge >= 0.3 is 0 Å². The fourth-order valence-corrected chi connectivity index (χ4v) is 3.31. The Kier molecular flexibility index (Phi) is 3.22. The van der Waals surface area contributed by atoms with Gasteiger partial charge in [0.1, 0.15) is 0 Å². The van der Waals surface area contributed by atoms with E-state index >= 15 is 0 Å². The summed E-state index contributed by atoms with van der Waals surface area (Å²) in [5.41, 5.74) is 0.769. The van der Waals surface area contributed by atoms with Crippen LogP contribution in [-0.2, 0) is 5.75 Å². The summed E-state index contributed by atoms with van der Waals surface area (Å²) < 4.78 is 6.94. The molecule has 112 valence electrons. The van der Waals surface area contributed by atoms with E-state index in [4.69, 9.17) is 4.52 Å². The lowest BCUT2D eigenvalue weighted by molar-refractivity contribution is 0.387. The fraction of sp³-hybridized carbons (Fsp3) is 0.333. The van der Waals surface area contributed by atoms with Crippen LogP contribution >= 0.6 is 11.8 Å². The number of para-hydroxylation sites is 1. The van der Waals surface area contributed by atoms with E-state index in [2.05, 4.69) is 15.1 Å². The molecule has 0 amide bonds. The number of hydrogen-bond acceptors (Lipinski definition) is 6. The number of hydrogen-bond donors (Lipinski definition) is 0. The van der Waals surface area contributed by atoms with Gasteiger partial charge in [-0.05, 0) is 31.9 Å². The van der Waals surface area contributed by atoms with Gasteiger partial charge in [-0.1, -0.05) is 29.1 Å². The molecule has 1 saturated carbocycles. The Morgan fingerprint density at radius 1 is 1.32 bits per heavy atom. The highest BCUT2D eigenvalue weighted by Crippen LogP contribution is 2.37. The zero-order valence-electron chi connectivity index (χ0n) is 12.0. The number of rotatable bonds is 4. The molecule has 0 bridgehead atoms. The Labute approximate surface area is 130 Å². The molecule has 7 heteroatoms. The number of benzene rings is 1. The molecule has 0 radical (unpaired) electrons. The fourth-order valence-electron chi connectivity index (χ4n) is 2.41. The lowest BCUT2D eigenvalue weighted by Gasteiger charge is -2.11. The maximum atomic E-state index is 12.7. The van der Waals surface area contributed by atoms with Crippen LogP contribution in [0.2, 0.25) is 0 Å². The topological polar surface area (TPSA) is 73.8 Å². The van der Waals surface area contributed by atoms with E-state index in [0.29, 0.717) is 22.9 Å². The van der Waals surface area contributed by atoms with Crippen molar-refractivity contribution in [3.05, 3.63) is 46.3 Å². The van der Waals surface area contributed by atoms with Crippen LogP contribution in [0.25, 0.3) is 10.9 Å². The van der Waals surface area contributed by atoms with Crippen molar-refractivity contribution < 1.29 is 4.52 Å². The Bertz CT molecular complexity index is 898. The van der Waals surface area contributed by atoms with E-state index in [1.54, 1.807) is 6.92 Å². The van der Waals surface area contributed by atoms with Crippen molar-refractivity contribution >= 4 is 22.7 Å². The SMILES string of the molecule is Cc1noc(CSc2nc3ccccc3c(=O)n2C2CC2)n1. The van der Waals surface area contributed by atoms with Gasteiger partial charge in [0.05, 0.1) is 16.7 Å². The number of fused-ring (bicyclic) bond motifs is 1. The highest BCUT2D eigenvalue weighted by atomic mass is 32.2. The van der Waals surface area contributed by atoms with Crippen LogP contribution in [-0.4, -0.2) is 19.7 Å². The molecule has 6 nitrogen and oxygen atoms in total. The quantitative estimate of drug-likeness (QED) is 0.544. The van der Waals surface area contributed by atoms with Gasteiger partial charge in [0.2, 0.25) is 5.89 Å². The van der Waals surface area contributed by atoms with Crippen LogP contribution in [0.1, 0.15) is 30.6 Å². The van der Waals surface area contributed by atoms with Crippen molar-refractivity contribution in [2.24, 2.45) is 0 Å². The van der Waals surface area contributed by atoms with Gasteiger partial charge in [0.25, 0.3) is 5.56 Å². The first-order valence-electron chi connectivity index (χ1n) is 7.15. The molecule has 0 spiro atoms. The third kappa shape index (κ3) is 2.41. The van der Waals surface area contributed by atoms with E-state index in [-0.39, 0.29) is 11.6 Å². The number of nitrogens with zero attached hydrogens (tertiary/aromatic N) is 4. The second-order valence-corrected chi connectivity index (χ2v) is 6.28. The second kappa shape index (κ2) is 5.24. The standard InChI is InChI=1S/C15H14N4O2S/c1-9-16-13(21-18-9)8-22-15-17-12-5-3-2-4-11(12)14(20)19(15)10-6-7-10/h2-5,10H,6-8H2,1H3. The summed E-state index contributed by atoms with van der Waals surface area (Å²) in [5, 5.41) is 5.18. The molecule has 2 heterocycles. The smallest absolute Gasteiger partial charge is 0.262 e. The van der Waals surface area contributed by atoms with Crippen LogP contribution in [0.5, 0.6) is 0 Å². The van der Waals surface area contributed by atoms with Gasteiger partial charge in [0, 0.05) is 6.04 Å². The molecule has 0 unspecified atom stereocenters. The van der Waals surface area contributed by atoms with Crippen molar-refractivity contribution in [2.45, 2.75) is 36.7 Å². The van der Waals surface area contributed by atoms with Gasteiger partial charge in [0.15, 0.2) is 11.0 Å². The van der Waals surface area contributed by atoms with Crippen LogP contribution in [0, 0.1) is 6.92 Å². The van der Waals surface area contributed by atoms with Crippen LogP contribution in [0.3, 0.4) is 0 Å². The second-order valence-electron chi connectivity index (χ2n) is 5.34. The summed E-state index contributed by atoms with van der Waals surface area (Å²) in [6.07, 6.45) is 2.07. The van der Waals surface area contributed by atoms with E-state index in [9.17, 15) is 4.79 Å². The molecule has 2 aromatic heterocycles. The van der Waals surface area contributed by atoms with Gasteiger partial charge in [-0.3, -0.25) is 9.36 Å². The zero-order valence-corrected chi connectivity index (χ0v) is 12.8. The summed E-state index contributed by atoms with van der Waals surface area (Å²) in [6.45, 7) is 1.78. The lowest BCUT2D eigenvalue weighted by Crippen LogP contribution is -2.22. The minimum atomic E-state index is 0.0392. The molecule has 1 aliphatic rings. The summed E-state index contributed by atoms with van der Waals surface area (Å²) >= 11 is 1.47. The molecular weight excluding hydrogens is 300 g/mol. The lowest BCUT2D eigenvalue weighted by atomic mass is 10.2. The summed E-state index contributed by atoms with van der Waals surface area (Å²) in [6, 6.07) is 7.74. The molecule has 0 N–H and O–H groups in total. The van der Waals surface area contributed by atoms with Crippen molar-refractivity contribution in [1.29, 1.82) is 0 Å². The average Bonchev–Trinajstić information content (AvgIpc) is 3.27. The van der Waals surface area contributed by atoms with Crippen molar-refractivity contribution in [3.8, 4) is 0 Å². The first kappa shape index (κ1) is 13.5.